The maximum absolute atomic E-state index is 13.6. The van der Waals surface area contributed by atoms with Gasteiger partial charge in [-0.05, 0) is 80.5 Å². The van der Waals surface area contributed by atoms with E-state index >= 15 is 0 Å². The molecule has 46 heavy (non-hydrogen) atoms. The van der Waals surface area contributed by atoms with Crippen LogP contribution < -0.4 is 14.8 Å². The monoisotopic (exact) mass is 635 g/mol. The molecule has 2 aromatic carbocycles. The highest BCUT2D eigenvalue weighted by molar-refractivity contribution is 5.79. The quantitative estimate of drug-likeness (QED) is 0.114. The van der Waals surface area contributed by atoms with E-state index in [-0.39, 0.29) is 48.7 Å². The second-order valence-corrected chi connectivity index (χ2v) is 13.4. The van der Waals surface area contributed by atoms with E-state index in [9.17, 15) is 14.9 Å². The van der Waals surface area contributed by atoms with Crippen LogP contribution in [0.3, 0.4) is 0 Å². The van der Waals surface area contributed by atoms with Crippen LogP contribution in [0.1, 0.15) is 71.9 Å². The molecule has 0 aromatic heterocycles. The standard InChI is InChI=1S/C38H55N2O6/c1-27(2)32(21-30-15-18-34(44-8)35(22-30)45-20-12-19-43-7)23-31(37(42)46-24-29-13-10-9-11-14-29)16-17-33(28(3)4)36(41)40-26-38(5,6)25-39/h9-11,13-16,18,22,27-28,31-33H,12,17,19-21,23-24,26H2,1-8H3,(H,40,41)/t31-,32+,33-/m0/s1. The van der Waals surface area contributed by atoms with Crippen molar-refractivity contribution in [3.8, 4) is 17.6 Å². The van der Waals surface area contributed by atoms with Crippen molar-refractivity contribution in [2.24, 2.45) is 35.0 Å². The van der Waals surface area contributed by atoms with Crippen molar-refractivity contribution in [2.75, 3.05) is 34.0 Å². The highest BCUT2D eigenvalue weighted by atomic mass is 16.5. The summed E-state index contributed by atoms with van der Waals surface area (Å²) in [7, 11) is 3.30. The first-order valence-corrected chi connectivity index (χ1v) is 16.4. The molecular weight excluding hydrogens is 580 g/mol. The third kappa shape index (κ3) is 13.4. The van der Waals surface area contributed by atoms with Gasteiger partial charge in [0.15, 0.2) is 11.5 Å². The highest BCUT2D eigenvalue weighted by Gasteiger charge is 2.31. The van der Waals surface area contributed by atoms with E-state index in [0.29, 0.717) is 37.6 Å². The molecule has 8 heteroatoms. The van der Waals surface area contributed by atoms with E-state index in [1.807, 2.05) is 68.8 Å². The largest absolute Gasteiger partial charge is 0.493 e. The molecule has 2 aromatic rings. The molecule has 0 aliphatic carbocycles. The topological polar surface area (TPSA) is 107 Å². The summed E-state index contributed by atoms with van der Waals surface area (Å²) < 4.78 is 22.5. The summed E-state index contributed by atoms with van der Waals surface area (Å²) in [4.78, 5) is 26.9. The second kappa shape index (κ2) is 19.8. The van der Waals surface area contributed by atoms with Crippen LogP contribution in [0.5, 0.6) is 11.5 Å². The number of hydrogen-bond acceptors (Lipinski definition) is 7. The molecule has 0 unspecified atom stereocenters. The van der Waals surface area contributed by atoms with E-state index in [1.54, 1.807) is 28.1 Å². The molecule has 0 bridgehead atoms. The third-order valence-electron chi connectivity index (χ3n) is 8.33. The van der Waals surface area contributed by atoms with Crippen molar-refractivity contribution in [3.05, 3.63) is 66.1 Å². The Labute approximate surface area is 277 Å². The van der Waals surface area contributed by atoms with Gasteiger partial charge < -0.3 is 24.3 Å². The maximum atomic E-state index is 13.6. The number of hydrogen-bond donors (Lipinski definition) is 1. The molecule has 8 nitrogen and oxygen atoms in total. The Morgan fingerprint density at radius 3 is 2.28 bits per heavy atom. The van der Waals surface area contributed by atoms with Gasteiger partial charge in [-0.1, -0.05) is 64.1 Å². The number of carbonyl (C=O) groups is 2. The minimum atomic E-state index is -0.661. The van der Waals surface area contributed by atoms with Gasteiger partial charge in [-0.2, -0.15) is 5.26 Å². The van der Waals surface area contributed by atoms with Gasteiger partial charge in [0.05, 0.1) is 31.1 Å². The van der Waals surface area contributed by atoms with Gasteiger partial charge in [0.1, 0.15) is 6.61 Å². The summed E-state index contributed by atoms with van der Waals surface area (Å²) >= 11 is 0. The summed E-state index contributed by atoms with van der Waals surface area (Å²) in [6, 6.07) is 17.9. The zero-order valence-electron chi connectivity index (χ0n) is 29.1. The van der Waals surface area contributed by atoms with Crippen LogP contribution in [0.25, 0.3) is 0 Å². The predicted molar refractivity (Wildman–Crippen MR) is 181 cm³/mol. The normalized spacial score (nSPS) is 13.5. The van der Waals surface area contributed by atoms with Crippen molar-refractivity contribution in [2.45, 2.75) is 73.8 Å². The van der Waals surface area contributed by atoms with Crippen molar-refractivity contribution >= 4 is 11.9 Å². The van der Waals surface area contributed by atoms with Gasteiger partial charge in [-0.3, -0.25) is 9.59 Å². The molecule has 3 atom stereocenters. The number of rotatable bonds is 21. The van der Waals surface area contributed by atoms with Crippen LogP contribution in [0, 0.1) is 52.8 Å². The lowest BCUT2D eigenvalue weighted by Gasteiger charge is -2.28. The zero-order valence-corrected chi connectivity index (χ0v) is 29.1. The average Bonchev–Trinajstić information content (AvgIpc) is 3.04. The SMILES string of the molecule is COCCCOc1cc(C[C@H](C[C@H]([CH]C[C@H](C(=O)NCC(C)(C)C#N)C(C)C)C(=O)OCc2ccccc2)C(C)C)ccc1OC. The number of nitriles is 1. The number of ether oxygens (including phenoxy) is 4. The lowest BCUT2D eigenvalue weighted by molar-refractivity contribution is -0.149. The molecule has 1 amide bonds. The molecule has 0 saturated heterocycles. The number of benzene rings is 2. The minimum absolute atomic E-state index is 0.0462. The lowest BCUT2D eigenvalue weighted by Crippen LogP contribution is -2.39. The first-order chi connectivity index (χ1) is 21.9. The molecule has 1 radical (unpaired) electrons. The number of amides is 1. The van der Waals surface area contributed by atoms with E-state index in [0.717, 1.165) is 24.0 Å². The fourth-order valence-electron chi connectivity index (χ4n) is 5.16. The molecular formula is C38H55N2O6. The van der Waals surface area contributed by atoms with Crippen LogP contribution in [-0.4, -0.2) is 45.9 Å². The molecule has 2 rings (SSSR count). The first-order valence-electron chi connectivity index (χ1n) is 16.4. The fraction of sp³-hybridized carbons (Fsp3) is 0.579. The smallest absolute Gasteiger partial charge is 0.309 e. The van der Waals surface area contributed by atoms with Crippen LogP contribution >= 0.6 is 0 Å². The van der Waals surface area contributed by atoms with Gasteiger partial charge in [0.25, 0.3) is 0 Å². The minimum Gasteiger partial charge on any atom is -0.493 e. The predicted octanol–water partition coefficient (Wildman–Crippen LogP) is 7.21. The van der Waals surface area contributed by atoms with E-state index in [4.69, 9.17) is 18.9 Å². The fourth-order valence-corrected chi connectivity index (χ4v) is 5.16. The summed E-state index contributed by atoms with van der Waals surface area (Å²) in [6.45, 7) is 13.5. The number of esters is 1. The molecule has 1 N–H and O–H groups in total. The van der Waals surface area contributed by atoms with Crippen LogP contribution in [0.15, 0.2) is 48.5 Å². The van der Waals surface area contributed by atoms with E-state index < -0.39 is 11.3 Å². The first kappa shape index (κ1) is 38.6. The Hall–Kier alpha value is -3.57. The Balaban J connectivity index is 2.25. The highest BCUT2D eigenvalue weighted by Crippen LogP contribution is 2.33. The number of nitrogens with one attached hydrogen (secondary N) is 1. The summed E-state index contributed by atoms with van der Waals surface area (Å²) in [5, 5.41) is 12.3. The maximum Gasteiger partial charge on any atom is 0.309 e. The van der Waals surface area contributed by atoms with Gasteiger partial charge in [0, 0.05) is 32.6 Å². The van der Waals surface area contributed by atoms with Crippen molar-refractivity contribution in [1.82, 2.24) is 5.32 Å². The van der Waals surface area contributed by atoms with Crippen LogP contribution in [0.4, 0.5) is 0 Å². The van der Waals surface area contributed by atoms with Crippen molar-refractivity contribution in [3.63, 3.8) is 0 Å². The molecule has 0 spiro atoms. The Morgan fingerprint density at radius 2 is 1.67 bits per heavy atom. The van der Waals surface area contributed by atoms with Gasteiger partial charge in [-0.25, -0.2) is 0 Å². The Morgan fingerprint density at radius 1 is 0.957 bits per heavy atom. The molecule has 0 aliphatic heterocycles. The zero-order chi connectivity index (χ0) is 34.1. The van der Waals surface area contributed by atoms with Gasteiger partial charge in [-0.15, -0.1) is 0 Å². The molecule has 0 heterocycles. The average molecular weight is 636 g/mol. The Bertz CT molecular complexity index is 1240. The summed E-state index contributed by atoms with van der Waals surface area (Å²) in [6.07, 6.45) is 4.49. The third-order valence-corrected chi connectivity index (χ3v) is 8.33. The van der Waals surface area contributed by atoms with Crippen LogP contribution in [0.2, 0.25) is 0 Å². The van der Waals surface area contributed by atoms with E-state index in [1.165, 1.54) is 0 Å². The van der Waals surface area contributed by atoms with Gasteiger partial charge in [0.2, 0.25) is 5.91 Å². The van der Waals surface area contributed by atoms with E-state index in [2.05, 4.69) is 25.2 Å². The molecule has 0 saturated carbocycles. The summed E-state index contributed by atoms with van der Waals surface area (Å²) in [5.41, 5.74) is 1.36. The molecule has 253 valence electrons. The number of nitrogens with zero attached hydrogens (tertiary/aromatic N) is 1. The van der Waals surface area contributed by atoms with Crippen molar-refractivity contribution in [1.29, 1.82) is 5.26 Å². The number of methoxy groups -OCH3 is 2. The Kier molecular flexibility index (Phi) is 16.7. The summed E-state index contributed by atoms with van der Waals surface area (Å²) in [5.74, 6) is 0.613. The van der Waals surface area contributed by atoms with Crippen LogP contribution in [-0.2, 0) is 32.1 Å². The lowest BCUT2D eigenvalue weighted by atomic mass is 9.79. The van der Waals surface area contributed by atoms with Gasteiger partial charge >= 0.3 is 5.97 Å². The molecule has 0 fully saturated rings. The number of carbonyl (C=O) groups excluding carboxylic acids is 2. The van der Waals surface area contributed by atoms with Crippen molar-refractivity contribution < 1.29 is 28.5 Å². The second-order valence-electron chi connectivity index (χ2n) is 13.4. The molecule has 0 aliphatic rings.